The fraction of sp³-hybridized carbons (Fsp3) is 0.350. The van der Waals surface area contributed by atoms with Crippen molar-refractivity contribution in [2.75, 3.05) is 13.1 Å². The first kappa shape index (κ1) is 21.2. The molecule has 1 saturated heterocycles. The molecule has 0 saturated carbocycles. The van der Waals surface area contributed by atoms with E-state index in [-0.39, 0.29) is 41.0 Å². The van der Waals surface area contributed by atoms with Crippen molar-refractivity contribution in [2.24, 2.45) is 5.92 Å². The SMILES string of the molecule is CC(NC(=O)C1CCN(S(=O)(=O)c2cccnc2Cl)CC1)c1ccc(C#N)cc1. The number of amides is 1. The van der Waals surface area contributed by atoms with Gasteiger partial charge in [-0.1, -0.05) is 23.7 Å². The number of carbonyl (C=O) groups excluding carboxylic acids is 1. The quantitative estimate of drug-likeness (QED) is 0.731. The number of sulfonamides is 1. The lowest BCUT2D eigenvalue weighted by Gasteiger charge is -2.31. The smallest absolute Gasteiger partial charge is 0.246 e. The summed E-state index contributed by atoms with van der Waals surface area (Å²) in [6.07, 6.45) is 2.30. The molecule has 0 spiro atoms. The van der Waals surface area contributed by atoms with Gasteiger partial charge in [-0.2, -0.15) is 9.57 Å². The summed E-state index contributed by atoms with van der Waals surface area (Å²) in [4.78, 5) is 16.4. The van der Waals surface area contributed by atoms with Crippen LogP contribution in [0.2, 0.25) is 5.15 Å². The number of aromatic nitrogens is 1. The Balaban J connectivity index is 1.59. The first-order valence-corrected chi connectivity index (χ1v) is 11.1. The minimum atomic E-state index is -3.73. The molecule has 1 aliphatic heterocycles. The minimum Gasteiger partial charge on any atom is -0.349 e. The number of halogens is 1. The van der Waals surface area contributed by atoms with E-state index >= 15 is 0 Å². The Bertz CT molecular complexity index is 1030. The van der Waals surface area contributed by atoms with Crippen LogP contribution in [0.15, 0.2) is 47.5 Å². The standard InChI is InChI=1S/C20H21ClN4O3S/c1-14(16-6-4-15(13-22)5-7-16)24-20(26)17-8-11-25(12-9-17)29(27,28)18-3-2-10-23-19(18)21/h2-7,10,14,17H,8-9,11-12H2,1H3,(H,24,26). The minimum absolute atomic E-state index is 0.0148. The van der Waals surface area contributed by atoms with Gasteiger partial charge in [0.1, 0.15) is 10.0 Å². The molecule has 1 aliphatic rings. The highest BCUT2D eigenvalue weighted by Gasteiger charge is 2.33. The number of hydrogen-bond acceptors (Lipinski definition) is 5. The van der Waals surface area contributed by atoms with Crippen molar-refractivity contribution in [3.05, 3.63) is 58.9 Å². The Morgan fingerprint density at radius 1 is 1.28 bits per heavy atom. The van der Waals surface area contributed by atoms with Crippen molar-refractivity contribution in [1.82, 2.24) is 14.6 Å². The molecule has 2 aromatic rings. The van der Waals surface area contributed by atoms with E-state index in [2.05, 4.69) is 16.4 Å². The first-order valence-electron chi connectivity index (χ1n) is 9.24. The van der Waals surface area contributed by atoms with Gasteiger partial charge in [0, 0.05) is 25.2 Å². The van der Waals surface area contributed by atoms with Crippen LogP contribution in [0.5, 0.6) is 0 Å². The number of benzene rings is 1. The lowest BCUT2D eigenvalue weighted by Crippen LogP contribution is -2.43. The third-order valence-electron chi connectivity index (χ3n) is 5.07. The molecule has 0 bridgehead atoms. The van der Waals surface area contributed by atoms with Crippen molar-refractivity contribution in [2.45, 2.75) is 30.7 Å². The molecule has 1 N–H and O–H groups in total. The Labute approximate surface area is 175 Å². The van der Waals surface area contributed by atoms with Crippen LogP contribution in [0.1, 0.15) is 36.9 Å². The molecule has 152 valence electrons. The average Bonchev–Trinajstić information content (AvgIpc) is 2.74. The number of nitrogens with one attached hydrogen (secondary N) is 1. The van der Waals surface area contributed by atoms with Crippen molar-refractivity contribution >= 4 is 27.5 Å². The first-order chi connectivity index (χ1) is 13.8. The highest BCUT2D eigenvalue weighted by atomic mass is 35.5. The van der Waals surface area contributed by atoms with Crippen LogP contribution in [-0.2, 0) is 14.8 Å². The van der Waals surface area contributed by atoms with E-state index in [1.54, 1.807) is 12.1 Å². The van der Waals surface area contributed by atoms with Gasteiger partial charge in [0.05, 0.1) is 17.7 Å². The third kappa shape index (κ3) is 4.75. The van der Waals surface area contributed by atoms with Gasteiger partial charge in [0.2, 0.25) is 15.9 Å². The number of nitriles is 1. The van der Waals surface area contributed by atoms with Gasteiger partial charge in [0.15, 0.2) is 0 Å². The second-order valence-corrected chi connectivity index (χ2v) is 9.20. The molecule has 1 aromatic heterocycles. The van der Waals surface area contributed by atoms with E-state index in [0.717, 1.165) is 5.56 Å². The summed E-state index contributed by atoms with van der Waals surface area (Å²) < 4.78 is 26.9. The lowest BCUT2D eigenvalue weighted by atomic mass is 9.96. The van der Waals surface area contributed by atoms with E-state index < -0.39 is 10.0 Å². The predicted octanol–water partition coefficient (Wildman–Crippen LogP) is 2.88. The number of nitrogens with zero attached hydrogens (tertiary/aromatic N) is 3. The molecule has 0 radical (unpaired) electrons. The van der Waals surface area contributed by atoms with Gasteiger partial charge in [0.25, 0.3) is 0 Å². The maximum atomic E-state index is 12.8. The van der Waals surface area contributed by atoms with Gasteiger partial charge in [-0.3, -0.25) is 4.79 Å². The third-order valence-corrected chi connectivity index (χ3v) is 7.41. The molecule has 1 fully saturated rings. The van der Waals surface area contributed by atoms with Crippen LogP contribution in [0.3, 0.4) is 0 Å². The van der Waals surface area contributed by atoms with Crippen LogP contribution >= 0.6 is 11.6 Å². The van der Waals surface area contributed by atoms with Gasteiger partial charge in [-0.15, -0.1) is 0 Å². The number of carbonyl (C=O) groups is 1. The van der Waals surface area contributed by atoms with Crippen LogP contribution < -0.4 is 5.32 Å². The molecular formula is C20H21ClN4O3S. The average molecular weight is 433 g/mol. The molecule has 7 nitrogen and oxygen atoms in total. The molecule has 9 heteroatoms. The summed E-state index contributed by atoms with van der Waals surface area (Å²) in [5, 5.41) is 11.8. The summed E-state index contributed by atoms with van der Waals surface area (Å²) in [7, 11) is -3.73. The van der Waals surface area contributed by atoms with E-state index in [4.69, 9.17) is 16.9 Å². The Hall–Kier alpha value is -2.47. The second-order valence-electron chi connectivity index (χ2n) is 6.93. The highest BCUT2D eigenvalue weighted by Crippen LogP contribution is 2.27. The topological polar surface area (TPSA) is 103 Å². The van der Waals surface area contributed by atoms with Crippen molar-refractivity contribution in [3.8, 4) is 6.07 Å². The second kappa shape index (κ2) is 8.91. The zero-order chi connectivity index (χ0) is 21.0. The molecule has 0 aliphatic carbocycles. The van der Waals surface area contributed by atoms with E-state index in [1.165, 1.54) is 22.6 Å². The molecular weight excluding hydrogens is 412 g/mol. The Kier molecular flexibility index (Phi) is 6.52. The zero-order valence-electron chi connectivity index (χ0n) is 15.9. The monoisotopic (exact) mass is 432 g/mol. The highest BCUT2D eigenvalue weighted by molar-refractivity contribution is 7.89. The van der Waals surface area contributed by atoms with Crippen molar-refractivity contribution < 1.29 is 13.2 Å². The summed E-state index contributed by atoms with van der Waals surface area (Å²) in [5.41, 5.74) is 1.47. The van der Waals surface area contributed by atoms with Gasteiger partial charge < -0.3 is 5.32 Å². The van der Waals surface area contributed by atoms with Crippen molar-refractivity contribution in [3.63, 3.8) is 0 Å². The molecule has 1 atom stereocenters. The van der Waals surface area contributed by atoms with Crippen molar-refractivity contribution in [1.29, 1.82) is 5.26 Å². The fourth-order valence-corrected chi connectivity index (χ4v) is 5.22. The summed E-state index contributed by atoms with van der Waals surface area (Å²) in [5.74, 6) is -0.357. The molecule has 29 heavy (non-hydrogen) atoms. The molecule has 3 rings (SSSR count). The molecule has 1 amide bonds. The fourth-order valence-electron chi connectivity index (χ4n) is 3.32. The van der Waals surface area contributed by atoms with Crippen LogP contribution in [0.25, 0.3) is 0 Å². The lowest BCUT2D eigenvalue weighted by molar-refractivity contribution is -0.126. The molecule has 1 aromatic carbocycles. The predicted molar refractivity (Wildman–Crippen MR) is 108 cm³/mol. The number of hydrogen-bond donors (Lipinski definition) is 1. The number of rotatable bonds is 5. The van der Waals surface area contributed by atoms with E-state index in [9.17, 15) is 13.2 Å². The zero-order valence-corrected chi connectivity index (χ0v) is 17.4. The Morgan fingerprint density at radius 2 is 1.93 bits per heavy atom. The van der Waals surface area contributed by atoms with Gasteiger partial charge in [-0.25, -0.2) is 13.4 Å². The largest absolute Gasteiger partial charge is 0.349 e. The van der Waals surface area contributed by atoms with Crippen LogP contribution in [0.4, 0.5) is 0 Å². The summed E-state index contributed by atoms with van der Waals surface area (Å²) in [6, 6.07) is 11.9. The number of pyridine rings is 1. The maximum Gasteiger partial charge on any atom is 0.246 e. The number of piperidine rings is 1. The molecule has 1 unspecified atom stereocenters. The van der Waals surface area contributed by atoms with E-state index in [0.29, 0.717) is 18.4 Å². The van der Waals surface area contributed by atoms with Crippen LogP contribution in [-0.4, -0.2) is 36.7 Å². The maximum absolute atomic E-state index is 12.8. The Morgan fingerprint density at radius 3 is 2.52 bits per heavy atom. The molecule has 2 heterocycles. The van der Waals surface area contributed by atoms with Gasteiger partial charge in [-0.05, 0) is 49.6 Å². The normalized spacial score (nSPS) is 16.7. The van der Waals surface area contributed by atoms with E-state index in [1.807, 2.05) is 19.1 Å². The van der Waals surface area contributed by atoms with Crippen LogP contribution in [0, 0.1) is 17.2 Å². The summed E-state index contributed by atoms with van der Waals surface area (Å²) >= 11 is 5.94. The van der Waals surface area contributed by atoms with Gasteiger partial charge >= 0.3 is 0 Å². The summed E-state index contributed by atoms with van der Waals surface area (Å²) in [6.45, 7) is 2.37.